The number of amides is 1. The van der Waals surface area contributed by atoms with Crippen LogP contribution in [0.2, 0.25) is 0 Å². The first-order valence-corrected chi connectivity index (χ1v) is 10.4. The molecule has 160 valence electrons. The van der Waals surface area contributed by atoms with Crippen molar-refractivity contribution in [1.82, 2.24) is 24.9 Å². The summed E-state index contributed by atoms with van der Waals surface area (Å²) in [6.07, 6.45) is 2.39. The summed E-state index contributed by atoms with van der Waals surface area (Å²) >= 11 is 0. The molecule has 1 saturated heterocycles. The Balaban J connectivity index is 1.26. The molecule has 0 unspecified atom stereocenters. The molecule has 3 heterocycles. The maximum absolute atomic E-state index is 13.6. The lowest BCUT2D eigenvalue weighted by atomic mass is 10.1. The fourth-order valence-electron chi connectivity index (χ4n) is 3.87. The van der Waals surface area contributed by atoms with Gasteiger partial charge in [0, 0.05) is 44.7 Å². The highest BCUT2D eigenvalue weighted by molar-refractivity contribution is 5.94. The van der Waals surface area contributed by atoms with Gasteiger partial charge in [-0.15, -0.1) is 5.10 Å². The molecule has 0 atom stereocenters. The van der Waals surface area contributed by atoms with Crippen LogP contribution in [-0.2, 0) is 7.05 Å². The Morgan fingerprint density at radius 1 is 0.968 bits per heavy atom. The Morgan fingerprint density at radius 3 is 2.39 bits per heavy atom. The first-order chi connectivity index (χ1) is 15.0. The Kier molecular flexibility index (Phi) is 4.88. The van der Waals surface area contributed by atoms with Gasteiger partial charge in [0.05, 0.1) is 11.4 Å². The molecule has 0 spiro atoms. The summed E-state index contributed by atoms with van der Waals surface area (Å²) in [6.45, 7) is 2.43. The molecule has 7 nitrogen and oxygen atoms in total. The number of hydrogen-bond acceptors (Lipinski definition) is 5. The lowest BCUT2D eigenvalue weighted by Gasteiger charge is -2.35. The molecule has 2 fully saturated rings. The number of carbonyl (C=O) groups excluding carboxylic acids is 1. The second-order valence-corrected chi connectivity index (χ2v) is 8.04. The summed E-state index contributed by atoms with van der Waals surface area (Å²) in [5.41, 5.74) is 2.31. The van der Waals surface area contributed by atoms with E-state index >= 15 is 0 Å². The van der Waals surface area contributed by atoms with Gasteiger partial charge in [-0.2, -0.15) is 10.2 Å². The summed E-state index contributed by atoms with van der Waals surface area (Å²) in [4.78, 5) is 16.9. The van der Waals surface area contributed by atoms with Crippen molar-refractivity contribution >= 4 is 11.7 Å². The van der Waals surface area contributed by atoms with E-state index in [0.717, 1.165) is 23.6 Å². The van der Waals surface area contributed by atoms with E-state index in [1.54, 1.807) is 18.0 Å². The van der Waals surface area contributed by atoms with E-state index in [1.165, 1.54) is 23.6 Å². The van der Waals surface area contributed by atoms with Gasteiger partial charge in [-0.1, -0.05) is 0 Å². The van der Waals surface area contributed by atoms with Gasteiger partial charge in [-0.3, -0.25) is 9.48 Å². The van der Waals surface area contributed by atoms with Crippen LogP contribution >= 0.6 is 0 Å². The van der Waals surface area contributed by atoms with Gasteiger partial charge < -0.3 is 9.80 Å². The molecule has 1 amide bonds. The van der Waals surface area contributed by atoms with Crippen LogP contribution in [0.25, 0.3) is 11.3 Å². The molecule has 3 aromatic rings. The fraction of sp³-hybridized carbons (Fsp3) is 0.364. The number of nitrogens with zero attached hydrogens (tertiary/aromatic N) is 6. The van der Waals surface area contributed by atoms with Crippen molar-refractivity contribution < 1.29 is 13.6 Å². The SMILES string of the molecule is Cn1nc(-c2ccc(F)c(F)c2)cc1C(=O)N1CCN(c2ccc(C3CC3)nn2)CC1. The van der Waals surface area contributed by atoms with Crippen LogP contribution in [0.4, 0.5) is 14.6 Å². The monoisotopic (exact) mass is 424 g/mol. The van der Waals surface area contributed by atoms with Crippen LogP contribution in [0.3, 0.4) is 0 Å². The number of anilines is 1. The molecule has 2 aromatic heterocycles. The summed E-state index contributed by atoms with van der Waals surface area (Å²) in [6, 6.07) is 9.26. The Morgan fingerprint density at radius 2 is 1.74 bits per heavy atom. The fourth-order valence-corrected chi connectivity index (χ4v) is 3.87. The normalized spacial score (nSPS) is 16.6. The van der Waals surface area contributed by atoms with Crippen molar-refractivity contribution in [2.45, 2.75) is 18.8 Å². The van der Waals surface area contributed by atoms with Crippen LogP contribution in [0.15, 0.2) is 36.4 Å². The zero-order valence-electron chi connectivity index (χ0n) is 17.1. The maximum atomic E-state index is 13.6. The van der Waals surface area contributed by atoms with Gasteiger partial charge >= 0.3 is 0 Å². The average molecular weight is 424 g/mol. The van der Waals surface area contributed by atoms with E-state index in [0.29, 0.717) is 49.0 Å². The summed E-state index contributed by atoms with van der Waals surface area (Å²) in [5, 5.41) is 13.0. The Hall–Kier alpha value is -3.36. The number of hydrogen-bond donors (Lipinski definition) is 0. The number of aryl methyl sites for hydroxylation is 1. The highest BCUT2D eigenvalue weighted by Crippen LogP contribution is 2.38. The minimum Gasteiger partial charge on any atom is -0.352 e. The summed E-state index contributed by atoms with van der Waals surface area (Å²) in [5.74, 6) is -0.594. The standard InChI is InChI=1S/C22H22F2N6O/c1-28-20(13-19(27-28)15-4-5-16(23)17(24)12-15)22(31)30-10-8-29(9-11-30)21-7-6-18(25-26-21)14-2-3-14/h4-7,12-14H,2-3,8-11H2,1H3. The smallest absolute Gasteiger partial charge is 0.272 e. The molecular formula is C22H22F2N6O. The zero-order valence-corrected chi connectivity index (χ0v) is 17.1. The number of piperazine rings is 1. The van der Waals surface area contributed by atoms with Crippen molar-refractivity contribution in [2.24, 2.45) is 7.05 Å². The number of halogens is 2. The maximum Gasteiger partial charge on any atom is 0.272 e. The first kappa shape index (κ1) is 19.6. The van der Waals surface area contributed by atoms with E-state index in [-0.39, 0.29) is 5.91 Å². The second-order valence-electron chi connectivity index (χ2n) is 8.04. The van der Waals surface area contributed by atoms with Crippen LogP contribution in [-0.4, -0.2) is 57.0 Å². The molecule has 0 radical (unpaired) electrons. The summed E-state index contributed by atoms with van der Waals surface area (Å²) < 4.78 is 28.3. The van der Waals surface area contributed by atoms with Gasteiger partial charge in [0.2, 0.25) is 0 Å². The highest BCUT2D eigenvalue weighted by atomic mass is 19.2. The number of benzene rings is 1. The van der Waals surface area contributed by atoms with Crippen LogP contribution < -0.4 is 4.90 Å². The second kappa shape index (κ2) is 7.72. The molecule has 1 aliphatic heterocycles. The zero-order chi connectivity index (χ0) is 21.5. The van der Waals surface area contributed by atoms with Gasteiger partial charge in [-0.05, 0) is 49.2 Å². The van der Waals surface area contributed by atoms with E-state index in [1.807, 2.05) is 12.1 Å². The van der Waals surface area contributed by atoms with Crippen molar-refractivity contribution in [3.63, 3.8) is 0 Å². The van der Waals surface area contributed by atoms with Crippen LogP contribution in [0.5, 0.6) is 0 Å². The number of carbonyl (C=O) groups is 1. The first-order valence-electron chi connectivity index (χ1n) is 10.4. The van der Waals surface area contributed by atoms with E-state index in [4.69, 9.17) is 0 Å². The van der Waals surface area contributed by atoms with Crippen molar-refractivity contribution in [3.8, 4) is 11.3 Å². The van der Waals surface area contributed by atoms with E-state index in [2.05, 4.69) is 20.2 Å². The van der Waals surface area contributed by atoms with Gasteiger partial charge in [0.25, 0.3) is 5.91 Å². The predicted molar refractivity (Wildman–Crippen MR) is 111 cm³/mol. The number of aromatic nitrogens is 4. The lowest BCUT2D eigenvalue weighted by molar-refractivity contribution is 0.0735. The minimum absolute atomic E-state index is 0.140. The van der Waals surface area contributed by atoms with Crippen molar-refractivity contribution in [1.29, 1.82) is 0 Å². The molecule has 5 rings (SSSR count). The Labute approximate surface area is 178 Å². The predicted octanol–water partition coefficient (Wildman–Crippen LogP) is 3.00. The molecule has 2 aliphatic rings. The van der Waals surface area contributed by atoms with Crippen molar-refractivity contribution in [3.05, 3.63) is 59.4 Å². The minimum atomic E-state index is -0.944. The third kappa shape index (κ3) is 3.87. The molecule has 31 heavy (non-hydrogen) atoms. The molecule has 0 N–H and O–H groups in total. The van der Waals surface area contributed by atoms with Gasteiger partial charge in [-0.25, -0.2) is 8.78 Å². The van der Waals surface area contributed by atoms with Gasteiger partial charge in [0.1, 0.15) is 5.69 Å². The van der Waals surface area contributed by atoms with E-state index < -0.39 is 11.6 Å². The highest BCUT2D eigenvalue weighted by Gasteiger charge is 2.27. The topological polar surface area (TPSA) is 67.2 Å². The molecule has 9 heteroatoms. The third-order valence-corrected chi connectivity index (χ3v) is 5.87. The molecular weight excluding hydrogens is 402 g/mol. The van der Waals surface area contributed by atoms with Crippen LogP contribution in [0, 0.1) is 11.6 Å². The third-order valence-electron chi connectivity index (χ3n) is 5.87. The van der Waals surface area contributed by atoms with Crippen LogP contribution in [0.1, 0.15) is 34.9 Å². The molecule has 1 saturated carbocycles. The van der Waals surface area contributed by atoms with E-state index in [9.17, 15) is 13.6 Å². The molecule has 1 aliphatic carbocycles. The largest absolute Gasteiger partial charge is 0.352 e. The molecule has 1 aromatic carbocycles. The lowest BCUT2D eigenvalue weighted by Crippen LogP contribution is -2.49. The molecule has 0 bridgehead atoms. The number of rotatable bonds is 4. The quantitative estimate of drug-likeness (QED) is 0.644. The average Bonchev–Trinajstić information content (AvgIpc) is 3.57. The van der Waals surface area contributed by atoms with Gasteiger partial charge in [0.15, 0.2) is 17.5 Å². The summed E-state index contributed by atoms with van der Waals surface area (Å²) in [7, 11) is 1.67. The Bertz CT molecular complexity index is 1120. The van der Waals surface area contributed by atoms with Crippen molar-refractivity contribution in [2.75, 3.05) is 31.1 Å².